The first-order chi connectivity index (χ1) is 6.72. The summed E-state index contributed by atoms with van der Waals surface area (Å²) in [5, 5.41) is 0. The molecule has 1 heterocycles. The van der Waals surface area contributed by atoms with Crippen LogP contribution in [-0.2, 0) is 9.53 Å². The average molecular weight is 194 g/mol. The number of Topliss-reactive ketones (excluding diaryl/α,β-unsaturated/α-hetero) is 1. The third kappa shape index (κ3) is 1.58. The van der Waals surface area contributed by atoms with E-state index in [1.807, 2.05) is 0 Å². The van der Waals surface area contributed by atoms with Gasteiger partial charge in [0.25, 0.3) is 0 Å². The van der Waals surface area contributed by atoms with E-state index in [1.54, 1.807) is 0 Å². The summed E-state index contributed by atoms with van der Waals surface area (Å²) in [4.78, 5) is 11.7. The minimum atomic E-state index is 0.327. The summed E-state index contributed by atoms with van der Waals surface area (Å²) < 4.78 is 5.84. The van der Waals surface area contributed by atoms with Gasteiger partial charge < -0.3 is 4.74 Å². The number of allylic oxidation sites excluding steroid dienone is 2. The van der Waals surface area contributed by atoms with Crippen LogP contribution in [0.15, 0.2) is 11.3 Å². The van der Waals surface area contributed by atoms with Gasteiger partial charge in [-0.05, 0) is 25.2 Å². The van der Waals surface area contributed by atoms with Gasteiger partial charge in [-0.3, -0.25) is 4.79 Å². The third-order valence-corrected chi connectivity index (χ3v) is 3.28. The van der Waals surface area contributed by atoms with E-state index in [0.717, 1.165) is 43.4 Å². The molecule has 2 rings (SSSR count). The fourth-order valence-electron chi connectivity index (χ4n) is 2.52. The van der Waals surface area contributed by atoms with E-state index in [9.17, 15) is 4.79 Å². The number of carbonyl (C=O) groups excluding carboxylic acids is 1. The number of ether oxygens (including phenoxy) is 1. The summed E-state index contributed by atoms with van der Waals surface area (Å²) in [5.41, 5.74) is 1.00. The first-order valence-electron chi connectivity index (χ1n) is 5.65. The van der Waals surface area contributed by atoms with E-state index in [-0.39, 0.29) is 0 Å². The van der Waals surface area contributed by atoms with Gasteiger partial charge in [0.1, 0.15) is 5.76 Å². The zero-order valence-corrected chi connectivity index (χ0v) is 9.01. The molecule has 1 aliphatic heterocycles. The summed E-state index contributed by atoms with van der Waals surface area (Å²) in [7, 11) is 0. The van der Waals surface area contributed by atoms with Crippen molar-refractivity contribution in [2.45, 2.75) is 52.1 Å². The number of rotatable bonds is 1. The Morgan fingerprint density at radius 3 is 2.93 bits per heavy atom. The lowest BCUT2D eigenvalue weighted by Gasteiger charge is -2.34. The molecule has 2 aliphatic rings. The summed E-state index contributed by atoms with van der Waals surface area (Å²) in [6.45, 7) is 4.30. The molecule has 2 nitrogen and oxygen atoms in total. The molecule has 0 spiro atoms. The Hall–Kier alpha value is -0.790. The van der Waals surface area contributed by atoms with Crippen LogP contribution in [0, 0.1) is 5.92 Å². The van der Waals surface area contributed by atoms with Crippen molar-refractivity contribution >= 4 is 5.78 Å². The van der Waals surface area contributed by atoms with E-state index in [0.29, 0.717) is 17.8 Å². The van der Waals surface area contributed by atoms with Gasteiger partial charge in [0.05, 0.1) is 6.10 Å². The molecular weight excluding hydrogens is 176 g/mol. The van der Waals surface area contributed by atoms with E-state index in [1.165, 1.54) is 0 Å². The van der Waals surface area contributed by atoms with Gasteiger partial charge in [-0.2, -0.15) is 0 Å². The number of carbonyl (C=O) groups is 1. The van der Waals surface area contributed by atoms with Crippen LogP contribution >= 0.6 is 0 Å². The molecule has 0 aromatic heterocycles. The monoisotopic (exact) mass is 194 g/mol. The Morgan fingerprint density at radius 1 is 1.43 bits per heavy atom. The molecule has 0 saturated heterocycles. The zero-order valence-electron chi connectivity index (χ0n) is 9.01. The topological polar surface area (TPSA) is 26.3 Å². The van der Waals surface area contributed by atoms with Crippen molar-refractivity contribution in [3.8, 4) is 0 Å². The van der Waals surface area contributed by atoms with Crippen molar-refractivity contribution in [3.63, 3.8) is 0 Å². The summed E-state index contributed by atoms with van der Waals surface area (Å²) in [5.74, 6) is 1.75. The van der Waals surface area contributed by atoms with Crippen molar-refractivity contribution in [3.05, 3.63) is 11.3 Å². The maximum absolute atomic E-state index is 11.7. The summed E-state index contributed by atoms with van der Waals surface area (Å²) >= 11 is 0. The molecule has 0 fully saturated rings. The van der Waals surface area contributed by atoms with E-state index < -0.39 is 0 Å². The normalized spacial score (nSPS) is 32.6. The fourth-order valence-corrected chi connectivity index (χ4v) is 2.52. The maximum atomic E-state index is 11.7. The predicted molar refractivity (Wildman–Crippen MR) is 54.8 cm³/mol. The van der Waals surface area contributed by atoms with Gasteiger partial charge >= 0.3 is 0 Å². The molecular formula is C12H18O2. The largest absolute Gasteiger partial charge is 0.494 e. The van der Waals surface area contributed by atoms with E-state index in [4.69, 9.17) is 4.74 Å². The van der Waals surface area contributed by atoms with Gasteiger partial charge in [-0.1, -0.05) is 13.8 Å². The van der Waals surface area contributed by atoms with E-state index >= 15 is 0 Å². The molecule has 0 aromatic rings. The van der Waals surface area contributed by atoms with Crippen LogP contribution < -0.4 is 0 Å². The highest BCUT2D eigenvalue weighted by Gasteiger charge is 2.32. The number of hydrogen-bond acceptors (Lipinski definition) is 2. The summed E-state index contributed by atoms with van der Waals surface area (Å²) in [6, 6.07) is 0. The van der Waals surface area contributed by atoms with Crippen molar-refractivity contribution in [2.24, 2.45) is 5.92 Å². The molecule has 1 aliphatic carbocycles. The molecule has 2 atom stereocenters. The zero-order chi connectivity index (χ0) is 10.1. The highest BCUT2D eigenvalue weighted by atomic mass is 16.5. The third-order valence-electron chi connectivity index (χ3n) is 3.28. The lowest BCUT2D eigenvalue weighted by Crippen LogP contribution is -2.29. The predicted octanol–water partition coefficient (Wildman–Crippen LogP) is 2.83. The second-order valence-corrected chi connectivity index (χ2v) is 4.40. The van der Waals surface area contributed by atoms with Crippen molar-refractivity contribution < 1.29 is 9.53 Å². The van der Waals surface area contributed by atoms with Gasteiger partial charge in [0.15, 0.2) is 5.78 Å². The van der Waals surface area contributed by atoms with Crippen LogP contribution in [0.3, 0.4) is 0 Å². The lowest BCUT2D eigenvalue weighted by molar-refractivity contribution is -0.118. The standard InChI is InChI=1S/C12H18O2/c1-3-9-7-8(2)12-10(13)5-4-6-11(12)14-9/h8-9H,3-7H2,1-2H3/t8-,9?/m0/s1. The molecule has 1 unspecified atom stereocenters. The lowest BCUT2D eigenvalue weighted by atomic mass is 9.82. The Labute approximate surface area is 85.3 Å². The van der Waals surface area contributed by atoms with Crippen molar-refractivity contribution in [2.75, 3.05) is 0 Å². The van der Waals surface area contributed by atoms with Gasteiger partial charge in [-0.25, -0.2) is 0 Å². The highest BCUT2D eigenvalue weighted by Crippen LogP contribution is 2.36. The van der Waals surface area contributed by atoms with Gasteiger partial charge in [0.2, 0.25) is 0 Å². The number of hydrogen-bond donors (Lipinski definition) is 0. The molecule has 0 N–H and O–H groups in total. The van der Waals surface area contributed by atoms with Crippen LogP contribution in [0.2, 0.25) is 0 Å². The smallest absolute Gasteiger partial charge is 0.162 e. The fraction of sp³-hybridized carbons (Fsp3) is 0.750. The van der Waals surface area contributed by atoms with Crippen molar-refractivity contribution in [1.29, 1.82) is 0 Å². The molecule has 0 aromatic carbocycles. The highest BCUT2D eigenvalue weighted by molar-refractivity contribution is 5.97. The Bertz CT molecular complexity index is 278. The van der Waals surface area contributed by atoms with Crippen LogP contribution in [0.4, 0.5) is 0 Å². The molecule has 2 heteroatoms. The minimum Gasteiger partial charge on any atom is -0.494 e. The Kier molecular flexibility index (Phi) is 2.62. The van der Waals surface area contributed by atoms with Crippen LogP contribution in [0.5, 0.6) is 0 Å². The van der Waals surface area contributed by atoms with Crippen LogP contribution in [0.25, 0.3) is 0 Å². The molecule has 0 amide bonds. The molecule has 0 saturated carbocycles. The van der Waals surface area contributed by atoms with Gasteiger partial charge in [-0.15, -0.1) is 0 Å². The molecule has 0 bridgehead atoms. The molecule has 78 valence electrons. The van der Waals surface area contributed by atoms with Crippen LogP contribution in [0.1, 0.15) is 46.0 Å². The SMILES string of the molecule is CCC1C[C@H](C)C2=C(CCCC2=O)O1. The first kappa shape index (κ1) is 9.75. The first-order valence-corrected chi connectivity index (χ1v) is 5.65. The Balaban J connectivity index is 2.26. The maximum Gasteiger partial charge on any atom is 0.162 e. The van der Waals surface area contributed by atoms with E-state index in [2.05, 4.69) is 13.8 Å². The van der Waals surface area contributed by atoms with Crippen LogP contribution in [-0.4, -0.2) is 11.9 Å². The summed E-state index contributed by atoms with van der Waals surface area (Å²) in [6.07, 6.45) is 5.08. The number of ketones is 1. The van der Waals surface area contributed by atoms with Gasteiger partial charge in [0, 0.05) is 18.4 Å². The quantitative estimate of drug-likeness (QED) is 0.641. The second kappa shape index (κ2) is 3.76. The average Bonchev–Trinajstić information content (AvgIpc) is 2.17. The molecule has 14 heavy (non-hydrogen) atoms. The second-order valence-electron chi connectivity index (χ2n) is 4.40. The Morgan fingerprint density at radius 2 is 2.21 bits per heavy atom. The molecule has 0 radical (unpaired) electrons. The van der Waals surface area contributed by atoms with Crippen molar-refractivity contribution in [1.82, 2.24) is 0 Å². The minimum absolute atomic E-state index is 0.327.